The van der Waals surface area contributed by atoms with Crippen molar-refractivity contribution in [1.29, 1.82) is 0 Å². The van der Waals surface area contributed by atoms with Gasteiger partial charge < -0.3 is 14.9 Å². The predicted octanol–water partition coefficient (Wildman–Crippen LogP) is 4.51. The highest BCUT2D eigenvalue weighted by Crippen LogP contribution is 2.66. The van der Waals surface area contributed by atoms with Crippen LogP contribution in [-0.2, 0) is 4.74 Å². The number of aliphatic hydroxyl groups excluding tert-OH is 1. The van der Waals surface area contributed by atoms with Crippen molar-refractivity contribution in [2.45, 2.75) is 70.3 Å². The molecule has 0 aromatic carbocycles. The Bertz CT molecular complexity index is 646. The Balaban J connectivity index is 1.62. The first-order valence-electron chi connectivity index (χ1n) is 10.5. The molecular weight excluding hydrogens is 324 g/mol. The van der Waals surface area contributed by atoms with E-state index < -0.39 is 5.60 Å². The number of rotatable bonds is 4. The van der Waals surface area contributed by atoms with Crippen LogP contribution in [0.4, 0.5) is 0 Å². The molecule has 0 aromatic heterocycles. The Morgan fingerprint density at radius 2 is 2.12 bits per heavy atom. The summed E-state index contributed by atoms with van der Waals surface area (Å²) in [7, 11) is 1.79. The summed E-state index contributed by atoms with van der Waals surface area (Å²) < 4.78 is 5.51. The molecule has 2 saturated carbocycles. The van der Waals surface area contributed by atoms with Crippen molar-refractivity contribution >= 4 is 0 Å². The van der Waals surface area contributed by atoms with Gasteiger partial charge >= 0.3 is 0 Å². The van der Waals surface area contributed by atoms with Crippen molar-refractivity contribution in [2.75, 3.05) is 13.7 Å². The van der Waals surface area contributed by atoms with Crippen LogP contribution in [-0.4, -0.2) is 29.5 Å². The van der Waals surface area contributed by atoms with Crippen molar-refractivity contribution < 1.29 is 14.9 Å². The maximum absolute atomic E-state index is 11.5. The lowest BCUT2D eigenvalue weighted by Crippen LogP contribution is -2.52. The number of allylic oxidation sites excluding steroid dienone is 3. The molecule has 0 bridgehead atoms. The first kappa shape index (κ1) is 18.3. The second kappa shape index (κ2) is 6.83. The van der Waals surface area contributed by atoms with Crippen molar-refractivity contribution in [1.82, 2.24) is 0 Å². The lowest BCUT2D eigenvalue weighted by Gasteiger charge is -2.55. The average molecular weight is 359 g/mol. The molecule has 0 spiro atoms. The van der Waals surface area contributed by atoms with Gasteiger partial charge in [-0.25, -0.2) is 0 Å². The minimum atomic E-state index is -0.732. The molecule has 0 saturated heterocycles. The number of hydrogen-bond donors (Lipinski definition) is 2. The van der Waals surface area contributed by atoms with E-state index in [1.165, 1.54) is 19.3 Å². The molecule has 4 aliphatic rings. The molecule has 2 fully saturated rings. The summed E-state index contributed by atoms with van der Waals surface area (Å²) >= 11 is 0. The first-order chi connectivity index (χ1) is 12.6. The Kier molecular flexibility index (Phi) is 4.81. The third-order valence-corrected chi connectivity index (χ3v) is 8.35. The summed E-state index contributed by atoms with van der Waals surface area (Å²) in [6, 6.07) is 0. The van der Waals surface area contributed by atoms with Crippen LogP contribution >= 0.6 is 0 Å². The zero-order valence-electron chi connectivity index (χ0n) is 16.3. The topological polar surface area (TPSA) is 49.7 Å². The molecule has 2 N–H and O–H groups in total. The second-order valence-corrected chi connectivity index (χ2v) is 8.90. The lowest BCUT2D eigenvalue weighted by molar-refractivity contribution is -0.0914. The van der Waals surface area contributed by atoms with E-state index in [1.807, 2.05) is 6.08 Å². The molecule has 0 radical (unpaired) electrons. The van der Waals surface area contributed by atoms with Crippen molar-refractivity contribution in [3.8, 4) is 0 Å². The van der Waals surface area contributed by atoms with Crippen LogP contribution in [0.5, 0.6) is 0 Å². The van der Waals surface area contributed by atoms with Gasteiger partial charge in [0.25, 0.3) is 0 Å². The summed E-state index contributed by atoms with van der Waals surface area (Å²) in [6.07, 6.45) is 15.9. The van der Waals surface area contributed by atoms with Gasteiger partial charge in [-0.2, -0.15) is 0 Å². The summed E-state index contributed by atoms with van der Waals surface area (Å²) in [4.78, 5) is 0. The Hall–Kier alpha value is -1.06. The second-order valence-electron chi connectivity index (χ2n) is 8.90. The fourth-order valence-electron chi connectivity index (χ4n) is 7.16. The summed E-state index contributed by atoms with van der Waals surface area (Å²) in [5, 5.41) is 20.8. The molecule has 5 atom stereocenters. The van der Waals surface area contributed by atoms with Crippen molar-refractivity contribution in [3.63, 3.8) is 0 Å². The van der Waals surface area contributed by atoms with Gasteiger partial charge in [-0.3, -0.25) is 0 Å². The highest BCUT2D eigenvalue weighted by Gasteiger charge is 2.62. The van der Waals surface area contributed by atoms with Crippen LogP contribution in [0.3, 0.4) is 0 Å². The SMILES string of the molecule is CC[C@]12CCC3C4=C(CCC3C1CC[C@@]2(O)C=CCO)CC(OC)=CC4. The van der Waals surface area contributed by atoms with E-state index in [0.29, 0.717) is 11.8 Å². The van der Waals surface area contributed by atoms with Crippen molar-refractivity contribution in [3.05, 3.63) is 35.1 Å². The largest absolute Gasteiger partial charge is 0.501 e. The number of hydrogen-bond acceptors (Lipinski definition) is 3. The quantitative estimate of drug-likeness (QED) is 0.727. The van der Waals surface area contributed by atoms with Crippen LogP contribution in [0, 0.1) is 23.2 Å². The van der Waals surface area contributed by atoms with Gasteiger partial charge in [0.1, 0.15) is 0 Å². The fraction of sp³-hybridized carbons (Fsp3) is 0.739. The zero-order valence-corrected chi connectivity index (χ0v) is 16.3. The van der Waals surface area contributed by atoms with Crippen LogP contribution < -0.4 is 0 Å². The summed E-state index contributed by atoms with van der Waals surface area (Å²) in [5.74, 6) is 3.19. The van der Waals surface area contributed by atoms with Crippen LogP contribution in [0.15, 0.2) is 35.1 Å². The summed E-state index contributed by atoms with van der Waals surface area (Å²) in [6.45, 7) is 2.28. The van der Waals surface area contributed by atoms with E-state index in [9.17, 15) is 10.2 Å². The Morgan fingerprint density at radius 3 is 2.85 bits per heavy atom. The van der Waals surface area contributed by atoms with E-state index >= 15 is 0 Å². The smallest absolute Gasteiger partial charge is 0.0959 e. The first-order valence-corrected chi connectivity index (χ1v) is 10.5. The minimum Gasteiger partial charge on any atom is -0.501 e. The highest BCUT2D eigenvalue weighted by molar-refractivity contribution is 5.33. The van der Waals surface area contributed by atoms with Gasteiger partial charge in [0, 0.05) is 11.8 Å². The molecule has 144 valence electrons. The molecule has 0 amide bonds. The van der Waals surface area contributed by atoms with Crippen LogP contribution in [0.1, 0.15) is 64.7 Å². The number of ether oxygens (including phenoxy) is 1. The molecule has 3 unspecified atom stereocenters. The van der Waals surface area contributed by atoms with E-state index in [2.05, 4.69) is 13.0 Å². The zero-order chi connectivity index (χ0) is 18.4. The van der Waals surface area contributed by atoms with E-state index in [0.717, 1.165) is 50.2 Å². The maximum atomic E-state index is 11.5. The Morgan fingerprint density at radius 1 is 1.27 bits per heavy atom. The average Bonchev–Trinajstić information content (AvgIpc) is 2.99. The molecule has 0 heterocycles. The summed E-state index contributed by atoms with van der Waals surface area (Å²) in [5.41, 5.74) is 2.61. The van der Waals surface area contributed by atoms with Gasteiger partial charge in [-0.1, -0.05) is 30.2 Å². The maximum Gasteiger partial charge on any atom is 0.0959 e. The molecule has 3 nitrogen and oxygen atoms in total. The van der Waals surface area contributed by atoms with Gasteiger partial charge in [0.05, 0.1) is 25.1 Å². The number of methoxy groups -OCH3 is 1. The monoisotopic (exact) mass is 358 g/mol. The van der Waals surface area contributed by atoms with Gasteiger partial charge in [-0.05, 0) is 75.2 Å². The predicted molar refractivity (Wildman–Crippen MR) is 103 cm³/mol. The number of fused-ring (bicyclic) bond motifs is 4. The Labute approximate surface area is 157 Å². The van der Waals surface area contributed by atoms with E-state index in [4.69, 9.17) is 4.74 Å². The van der Waals surface area contributed by atoms with Crippen LogP contribution in [0.2, 0.25) is 0 Å². The molecule has 26 heavy (non-hydrogen) atoms. The third-order valence-electron chi connectivity index (χ3n) is 8.35. The normalized spacial score (nSPS) is 42.3. The van der Waals surface area contributed by atoms with Gasteiger partial charge in [0.2, 0.25) is 0 Å². The third kappa shape index (κ3) is 2.54. The van der Waals surface area contributed by atoms with Crippen LogP contribution in [0.25, 0.3) is 0 Å². The van der Waals surface area contributed by atoms with E-state index in [-0.39, 0.29) is 12.0 Å². The standard InChI is InChI=1S/C23H34O3/c1-3-22-12-9-19-18-8-6-17(26-2)15-16(18)5-7-20(19)21(22)10-13-23(22,25)11-4-14-24/h4,6,11,19-21,24-25H,3,5,7-10,12-15H2,1-2H3/t19?,20?,21?,22-,23-/m0/s1. The highest BCUT2D eigenvalue weighted by atomic mass is 16.5. The molecule has 0 aliphatic heterocycles. The van der Waals surface area contributed by atoms with Crippen molar-refractivity contribution in [2.24, 2.45) is 23.2 Å². The van der Waals surface area contributed by atoms with E-state index in [1.54, 1.807) is 24.3 Å². The molecule has 0 aromatic rings. The molecule has 4 rings (SSSR count). The fourth-order valence-corrected chi connectivity index (χ4v) is 7.16. The lowest BCUT2D eigenvalue weighted by atomic mass is 9.51. The molecule has 3 heteroatoms. The molecular formula is C23H34O3. The minimum absolute atomic E-state index is 0.0000953. The van der Waals surface area contributed by atoms with Gasteiger partial charge in [0.15, 0.2) is 0 Å². The number of aliphatic hydroxyl groups is 2. The molecule has 4 aliphatic carbocycles. The van der Waals surface area contributed by atoms with Gasteiger partial charge in [-0.15, -0.1) is 0 Å².